The van der Waals surface area contributed by atoms with Crippen LogP contribution in [-0.4, -0.2) is 25.7 Å². The van der Waals surface area contributed by atoms with Gasteiger partial charge in [-0.2, -0.15) is 0 Å². The highest BCUT2D eigenvalue weighted by Crippen LogP contribution is 2.22. The monoisotopic (exact) mass is 381 g/mol. The molecule has 0 heterocycles. The van der Waals surface area contributed by atoms with E-state index in [1.807, 2.05) is 37.3 Å². The minimum absolute atomic E-state index is 0.0446. The highest BCUT2D eigenvalue weighted by atomic mass is 35.5. The molecular weight excluding hydrogens is 361 g/mol. The maximum Gasteiger partial charge on any atom is 0.220 e. The summed E-state index contributed by atoms with van der Waals surface area (Å²) < 4.78 is 10.8. The van der Waals surface area contributed by atoms with Crippen LogP contribution in [0.1, 0.15) is 18.9 Å². The van der Waals surface area contributed by atoms with E-state index in [2.05, 4.69) is 5.32 Å². The van der Waals surface area contributed by atoms with Gasteiger partial charge in [-0.15, -0.1) is 0 Å². The molecule has 0 fully saturated rings. The van der Waals surface area contributed by atoms with Crippen LogP contribution in [0, 0.1) is 0 Å². The van der Waals surface area contributed by atoms with Crippen LogP contribution in [0.5, 0.6) is 11.5 Å². The average molecular weight is 382 g/mol. The van der Waals surface area contributed by atoms with Gasteiger partial charge >= 0.3 is 0 Å². The van der Waals surface area contributed by atoms with E-state index >= 15 is 0 Å². The first-order valence-corrected chi connectivity index (χ1v) is 8.73. The number of hydrogen-bond donors (Lipinski definition) is 1. The number of hydrogen-bond acceptors (Lipinski definition) is 3. The Morgan fingerprint density at radius 1 is 1.12 bits per heavy atom. The Morgan fingerprint density at radius 3 is 2.44 bits per heavy atom. The van der Waals surface area contributed by atoms with Gasteiger partial charge in [0.25, 0.3) is 0 Å². The molecule has 2 aromatic carbocycles. The third-order valence-electron chi connectivity index (χ3n) is 3.60. The van der Waals surface area contributed by atoms with Crippen molar-refractivity contribution in [2.24, 2.45) is 0 Å². The Kier molecular flexibility index (Phi) is 7.41. The number of nitrogens with one attached hydrogen (secondary N) is 1. The number of halogens is 2. The fraction of sp³-hybridized carbons (Fsp3) is 0.316. The maximum absolute atomic E-state index is 12.0. The van der Waals surface area contributed by atoms with E-state index in [1.54, 1.807) is 19.2 Å². The van der Waals surface area contributed by atoms with E-state index in [0.29, 0.717) is 29.5 Å². The molecule has 0 saturated heterocycles. The summed E-state index contributed by atoms with van der Waals surface area (Å²) >= 11 is 12.0. The first-order chi connectivity index (χ1) is 12.0. The zero-order chi connectivity index (χ0) is 18.2. The second-order valence-electron chi connectivity index (χ2n) is 5.69. The summed E-state index contributed by atoms with van der Waals surface area (Å²) in [5, 5.41) is 4.08. The molecule has 1 amide bonds. The van der Waals surface area contributed by atoms with E-state index in [1.165, 1.54) is 0 Å². The van der Waals surface area contributed by atoms with Crippen LogP contribution in [0.25, 0.3) is 0 Å². The highest BCUT2D eigenvalue weighted by molar-refractivity contribution is 6.35. The number of rotatable bonds is 8. The predicted molar refractivity (Wildman–Crippen MR) is 101 cm³/mol. The van der Waals surface area contributed by atoms with Crippen molar-refractivity contribution in [1.82, 2.24) is 5.32 Å². The molecule has 4 nitrogen and oxygen atoms in total. The van der Waals surface area contributed by atoms with E-state index < -0.39 is 0 Å². The Bertz CT molecular complexity index is 704. The third kappa shape index (κ3) is 6.48. The normalized spacial score (nSPS) is 11.7. The van der Waals surface area contributed by atoms with Gasteiger partial charge in [-0.1, -0.05) is 29.3 Å². The SMILES string of the molecule is COc1ccc(OC[C@@H](C)NC(=O)CCc2ccc(Cl)cc2Cl)cc1. The van der Waals surface area contributed by atoms with Gasteiger partial charge in [0.2, 0.25) is 5.91 Å². The lowest BCUT2D eigenvalue weighted by Crippen LogP contribution is -2.36. The van der Waals surface area contributed by atoms with Gasteiger partial charge in [0.1, 0.15) is 18.1 Å². The van der Waals surface area contributed by atoms with Crippen LogP contribution < -0.4 is 14.8 Å². The summed E-state index contributed by atoms with van der Waals surface area (Å²) in [5.74, 6) is 1.46. The minimum Gasteiger partial charge on any atom is -0.497 e. The molecular formula is C19H21Cl2NO3. The molecule has 0 aliphatic heterocycles. The molecule has 1 N–H and O–H groups in total. The van der Waals surface area contributed by atoms with E-state index in [-0.39, 0.29) is 11.9 Å². The molecule has 0 bridgehead atoms. The number of carbonyl (C=O) groups excluding carboxylic acids is 1. The van der Waals surface area contributed by atoms with Crippen LogP contribution in [0.2, 0.25) is 10.0 Å². The molecule has 134 valence electrons. The lowest BCUT2D eigenvalue weighted by molar-refractivity contribution is -0.121. The zero-order valence-electron chi connectivity index (χ0n) is 14.2. The number of carbonyl (C=O) groups is 1. The van der Waals surface area contributed by atoms with E-state index in [0.717, 1.165) is 17.1 Å². The van der Waals surface area contributed by atoms with Crippen LogP contribution in [-0.2, 0) is 11.2 Å². The fourth-order valence-corrected chi connectivity index (χ4v) is 2.76. The van der Waals surface area contributed by atoms with Gasteiger partial charge in [-0.3, -0.25) is 4.79 Å². The van der Waals surface area contributed by atoms with Crippen molar-refractivity contribution < 1.29 is 14.3 Å². The summed E-state index contributed by atoms with van der Waals surface area (Å²) in [7, 11) is 1.62. The summed E-state index contributed by atoms with van der Waals surface area (Å²) in [5.41, 5.74) is 0.906. The van der Waals surface area contributed by atoms with E-state index in [9.17, 15) is 4.79 Å². The zero-order valence-corrected chi connectivity index (χ0v) is 15.7. The summed E-state index contributed by atoms with van der Waals surface area (Å²) in [4.78, 5) is 12.0. The smallest absolute Gasteiger partial charge is 0.220 e. The molecule has 0 aliphatic rings. The minimum atomic E-state index is -0.102. The lowest BCUT2D eigenvalue weighted by atomic mass is 10.1. The van der Waals surface area contributed by atoms with Gasteiger partial charge in [0.05, 0.1) is 13.2 Å². The predicted octanol–water partition coefficient (Wildman–Crippen LogP) is 4.52. The highest BCUT2D eigenvalue weighted by Gasteiger charge is 2.10. The third-order valence-corrected chi connectivity index (χ3v) is 4.19. The summed E-state index contributed by atoms with van der Waals surface area (Å²) in [6, 6.07) is 12.5. The molecule has 0 aromatic heterocycles. The number of benzene rings is 2. The van der Waals surface area contributed by atoms with Crippen molar-refractivity contribution in [3.05, 3.63) is 58.1 Å². The summed E-state index contributed by atoms with van der Waals surface area (Å²) in [6.45, 7) is 2.29. The van der Waals surface area contributed by atoms with Crippen molar-refractivity contribution >= 4 is 29.1 Å². The number of amides is 1. The summed E-state index contributed by atoms with van der Waals surface area (Å²) in [6.07, 6.45) is 0.919. The Balaban J connectivity index is 1.73. The quantitative estimate of drug-likeness (QED) is 0.730. The largest absolute Gasteiger partial charge is 0.497 e. The standard InChI is InChI=1S/C19H21Cl2NO3/c1-13(12-25-17-8-6-16(24-2)7-9-17)22-19(23)10-4-14-3-5-15(20)11-18(14)21/h3,5-9,11,13H,4,10,12H2,1-2H3,(H,22,23)/t13-/m1/s1. The van der Waals surface area contributed by atoms with Crippen LogP contribution in [0.4, 0.5) is 0 Å². The fourth-order valence-electron chi connectivity index (χ4n) is 2.25. The van der Waals surface area contributed by atoms with Gasteiger partial charge in [0, 0.05) is 16.5 Å². The topological polar surface area (TPSA) is 47.6 Å². The molecule has 2 aromatic rings. The Morgan fingerprint density at radius 2 is 1.80 bits per heavy atom. The number of aryl methyl sites for hydroxylation is 1. The molecule has 0 radical (unpaired) electrons. The molecule has 2 rings (SSSR count). The second-order valence-corrected chi connectivity index (χ2v) is 6.53. The van der Waals surface area contributed by atoms with E-state index in [4.69, 9.17) is 32.7 Å². The Labute approximate surface area is 158 Å². The van der Waals surface area contributed by atoms with Crippen LogP contribution >= 0.6 is 23.2 Å². The molecule has 0 unspecified atom stereocenters. The van der Waals surface area contributed by atoms with Gasteiger partial charge in [-0.25, -0.2) is 0 Å². The van der Waals surface area contributed by atoms with Gasteiger partial charge < -0.3 is 14.8 Å². The van der Waals surface area contributed by atoms with Crippen LogP contribution in [0.3, 0.4) is 0 Å². The van der Waals surface area contributed by atoms with Crippen molar-refractivity contribution in [2.75, 3.05) is 13.7 Å². The van der Waals surface area contributed by atoms with Gasteiger partial charge in [-0.05, 0) is 55.3 Å². The first kappa shape index (κ1) is 19.4. The van der Waals surface area contributed by atoms with Crippen molar-refractivity contribution in [3.8, 4) is 11.5 Å². The molecule has 6 heteroatoms. The van der Waals surface area contributed by atoms with Crippen molar-refractivity contribution in [3.63, 3.8) is 0 Å². The van der Waals surface area contributed by atoms with Crippen molar-refractivity contribution in [1.29, 1.82) is 0 Å². The van der Waals surface area contributed by atoms with Gasteiger partial charge in [0.15, 0.2) is 0 Å². The Hall–Kier alpha value is -1.91. The van der Waals surface area contributed by atoms with Crippen molar-refractivity contribution in [2.45, 2.75) is 25.8 Å². The number of methoxy groups -OCH3 is 1. The molecule has 0 saturated carbocycles. The molecule has 25 heavy (non-hydrogen) atoms. The van der Waals surface area contributed by atoms with Crippen LogP contribution in [0.15, 0.2) is 42.5 Å². The molecule has 1 atom stereocenters. The lowest BCUT2D eigenvalue weighted by Gasteiger charge is -2.15. The maximum atomic E-state index is 12.0. The first-order valence-electron chi connectivity index (χ1n) is 7.98. The molecule has 0 spiro atoms. The average Bonchev–Trinajstić information content (AvgIpc) is 2.59. The number of ether oxygens (including phenoxy) is 2. The second kappa shape index (κ2) is 9.54. The molecule has 0 aliphatic carbocycles.